The van der Waals surface area contributed by atoms with Crippen LogP contribution in [0.2, 0.25) is 0 Å². The van der Waals surface area contributed by atoms with Crippen LogP contribution in [-0.4, -0.2) is 0 Å². The Labute approximate surface area is 86.4 Å². The van der Waals surface area contributed by atoms with Crippen LogP contribution in [0.15, 0.2) is 35.5 Å². The maximum absolute atomic E-state index is 8.75. The zero-order valence-electron chi connectivity index (χ0n) is 8.79. The van der Waals surface area contributed by atoms with Crippen LogP contribution in [0.25, 0.3) is 0 Å². The quantitative estimate of drug-likeness (QED) is 0.657. The van der Waals surface area contributed by atoms with Gasteiger partial charge in [0.1, 0.15) is 0 Å². The van der Waals surface area contributed by atoms with Gasteiger partial charge in [-0.1, -0.05) is 31.6 Å². The molecule has 1 rings (SSSR count). The van der Waals surface area contributed by atoms with E-state index in [2.05, 4.69) is 31.2 Å². The first-order valence-corrected chi connectivity index (χ1v) is 5.33. The molecule has 0 aromatic carbocycles. The normalized spacial score (nSPS) is 17.1. The van der Waals surface area contributed by atoms with Crippen molar-refractivity contribution >= 4 is 0 Å². The second kappa shape index (κ2) is 6.21. The van der Waals surface area contributed by atoms with E-state index in [0.29, 0.717) is 0 Å². The Bertz CT molecular complexity index is 300. The topological polar surface area (TPSA) is 23.8 Å². The molecule has 0 aromatic rings. The van der Waals surface area contributed by atoms with Crippen molar-refractivity contribution in [2.75, 3.05) is 0 Å². The fourth-order valence-corrected chi connectivity index (χ4v) is 1.49. The highest BCUT2D eigenvalue weighted by molar-refractivity contribution is 5.33. The zero-order chi connectivity index (χ0) is 10.2. The minimum Gasteiger partial charge on any atom is -0.193 e. The molecule has 0 saturated heterocycles. The number of nitrogens with zero attached hydrogens (tertiary/aromatic N) is 1. The fourth-order valence-electron chi connectivity index (χ4n) is 1.49. The minimum absolute atomic E-state index is 0.906. The minimum atomic E-state index is 0.906. The molecule has 1 nitrogen and oxygen atoms in total. The van der Waals surface area contributed by atoms with Crippen LogP contribution in [-0.2, 0) is 0 Å². The van der Waals surface area contributed by atoms with Gasteiger partial charge in [0.2, 0.25) is 0 Å². The molecule has 0 fully saturated rings. The van der Waals surface area contributed by atoms with Crippen molar-refractivity contribution in [3.05, 3.63) is 35.5 Å². The molecule has 1 heteroatoms. The number of nitriles is 1. The van der Waals surface area contributed by atoms with Crippen molar-refractivity contribution in [3.63, 3.8) is 0 Å². The number of allylic oxidation sites excluding steroid dienone is 6. The van der Waals surface area contributed by atoms with Crippen molar-refractivity contribution < 1.29 is 0 Å². The molecular weight excluding hydrogens is 170 g/mol. The summed E-state index contributed by atoms with van der Waals surface area (Å²) in [7, 11) is 0. The standard InChI is InChI=1S/C13H17N/c1-2-3-4-6-12-7-5-8-13(11-14)10-9-12/h4,6,9-10H,2-3,5,7-8H2,1H3/b6-4+. The van der Waals surface area contributed by atoms with Gasteiger partial charge in [0.15, 0.2) is 0 Å². The van der Waals surface area contributed by atoms with Crippen molar-refractivity contribution in [2.45, 2.75) is 39.0 Å². The van der Waals surface area contributed by atoms with Crippen LogP contribution in [0.1, 0.15) is 39.0 Å². The zero-order valence-corrected chi connectivity index (χ0v) is 8.79. The molecule has 14 heavy (non-hydrogen) atoms. The molecule has 0 unspecified atom stereocenters. The van der Waals surface area contributed by atoms with Crippen molar-refractivity contribution in [1.82, 2.24) is 0 Å². The van der Waals surface area contributed by atoms with Crippen LogP contribution < -0.4 is 0 Å². The second-order valence-electron chi connectivity index (χ2n) is 3.59. The number of hydrogen-bond donors (Lipinski definition) is 0. The molecule has 0 saturated carbocycles. The van der Waals surface area contributed by atoms with Crippen LogP contribution >= 0.6 is 0 Å². The number of rotatable bonds is 3. The van der Waals surface area contributed by atoms with E-state index in [1.165, 1.54) is 12.0 Å². The summed E-state index contributed by atoms with van der Waals surface area (Å²) in [5, 5.41) is 8.75. The number of unbranched alkanes of at least 4 members (excludes halogenated alkanes) is 1. The summed E-state index contributed by atoms with van der Waals surface area (Å²) >= 11 is 0. The monoisotopic (exact) mass is 187 g/mol. The molecule has 0 aromatic heterocycles. The summed E-state index contributed by atoms with van der Waals surface area (Å²) in [5.74, 6) is 0. The molecule has 0 amide bonds. The van der Waals surface area contributed by atoms with Gasteiger partial charge in [-0.05, 0) is 37.3 Å². The summed E-state index contributed by atoms with van der Waals surface area (Å²) in [4.78, 5) is 0. The smallest absolute Gasteiger partial charge is 0.0947 e. The molecule has 0 aliphatic heterocycles. The van der Waals surface area contributed by atoms with Gasteiger partial charge >= 0.3 is 0 Å². The van der Waals surface area contributed by atoms with Gasteiger partial charge in [0, 0.05) is 5.57 Å². The van der Waals surface area contributed by atoms with Crippen molar-refractivity contribution in [3.8, 4) is 6.07 Å². The Hall–Kier alpha value is -1.29. The van der Waals surface area contributed by atoms with Gasteiger partial charge in [-0.3, -0.25) is 0 Å². The van der Waals surface area contributed by atoms with Gasteiger partial charge < -0.3 is 0 Å². The van der Waals surface area contributed by atoms with E-state index in [1.807, 2.05) is 6.08 Å². The van der Waals surface area contributed by atoms with E-state index in [0.717, 1.165) is 31.3 Å². The predicted octanol–water partition coefficient (Wildman–Crippen LogP) is 3.90. The summed E-state index contributed by atoms with van der Waals surface area (Å²) in [6.07, 6.45) is 13.9. The molecular formula is C13H17N. The van der Waals surface area contributed by atoms with Crippen LogP contribution in [0, 0.1) is 11.3 Å². The highest BCUT2D eigenvalue weighted by Gasteiger charge is 2.01. The van der Waals surface area contributed by atoms with Gasteiger partial charge in [0.25, 0.3) is 0 Å². The van der Waals surface area contributed by atoms with E-state index in [1.54, 1.807) is 0 Å². The average molecular weight is 187 g/mol. The van der Waals surface area contributed by atoms with Crippen LogP contribution in [0.3, 0.4) is 0 Å². The largest absolute Gasteiger partial charge is 0.193 e. The third kappa shape index (κ3) is 3.62. The van der Waals surface area contributed by atoms with Crippen molar-refractivity contribution in [1.29, 1.82) is 5.26 Å². The maximum Gasteiger partial charge on any atom is 0.0947 e. The van der Waals surface area contributed by atoms with Crippen molar-refractivity contribution in [2.24, 2.45) is 0 Å². The van der Waals surface area contributed by atoms with Gasteiger partial charge in [-0.15, -0.1) is 0 Å². The van der Waals surface area contributed by atoms with Gasteiger partial charge in [0.05, 0.1) is 6.07 Å². The molecule has 0 N–H and O–H groups in total. The average Bonchev–Trinajstić information content (AvgIpc) is 2.43. The highest BCUT2D eigenvalue weighted by Crippen LogP contribution is 2.18. The van der Waals surface area contributed by atoms with Crippen LogP contribution in [0.5, 0.6) is 0 Å². The van der Waals surface area contributed by atoms with E-state index in [9.17, 15) is 0 Å². The first kappa shape index (κ1) is 10.8. The summed E-state index contributed by atoms with van der Waals surface area (Å²) in [6.45, 7) is 2.18. The molecule has 0 heterocycles. The Morgan fingerprint density at radius 1 is 1.43 bits per heavy atom. The molecule has 0 atom stereocenters. The first-order chi connectivity index (χ1) is 6.86. The lowest BCUT2D eigenvalue weighted by molar-refractivity contribution is 0.836. The van der Waals surface area contributed by atoms with E-state index < -0.39 is 0 Å². The maximum atomic E-state index is 8.75. The predicted molar refractivity (Wildman–Crippen MR) is 59.7 cm³/mol. The molecule has 0 bridgehead atoms. The summed E-state index contributed by atoms with van der Waals surface area (Å²) < 4.78 is 0. The molecule has 0 radical (unpaired) electrons. The van der Waals surface area contributed by atoms with E-state index in [-0.39, 0.29) is 0 Å². The lowest BCUT2D eigenvalue weighted by Gasteiger charge is -1.96. The Morgan fingerprint density at radius 2 is 2.29 bits per heavy atom. The summed E-state index contributed by atoms with van der Waals surface area (Å²) in [5.41, 5.74) is 2.26. The highest BCUT2D eigenvalue weighted by atomic mass is 14.2. The van der Waals surface area contributed by atoms with E-state index >= 15 is 0 Å². The first-order valence-electron chi connectivity index (χ1n) is 5.33. The lowest BCUT2D eigenvalue weighted by atomic mass is 10.1. The van der Waals surface area contributed by atoms with Gasteiger partial charge in [-0.2, -0.15) is 5.26 Å². The van der Waals surface area contributed by atoms with Crippen LogP contribution in [0.4, 0.5) is 0 Å². The van der Waals surface area contributed by atoms with E-state index in [4.69, 9.17) is 5.26 Å². The fraction of sp³-hybridized carbons (Fsp3) is 0.462. The third-order valence-corrected chi connectivity index (χ3v) is 2.34. The molecule has 1 aliphatic rings. The Balaban J connectivity index is 2.58. The number of hydrogen-bond acceptors (Lipinski definition) is 1. The molecule has 74 valence electrons. The Kier molecular flexibility index (Phi) is 4.78. The molecule has 1 aliphatic carbocycles. The Morgan fingerprint density at radius 3 is 3.00 bits per heavy atom. The van der Waals surface area contributed by atoms with Gasteiger partial charge in [-0.25, -0.2) is 0 Å². The lowest BCUT2D eigenvalue weighted by Crippen LogP contribution is -1.78. The third-order valence-electron chi connectivity index (χ3n) is 2.34. The SMILES string of the molecule is CCC/C=C/C1=CC=C(C#N)CCC1. The molecule has 0 spiro atoms. The summed E-state index contributed by atoms with van der Waals surface area (Å²) in [6, 6.07) is 2.22. The second-order valence-corrected chi connectivity index (χ2v) is 3.59.